The third-order valence-electron chi connectivity index (χ3n) is 5.06. The van der Waals surface area contributed by atoms with Crippen molar-refractivity contribution in [1.82, 2.24) is 10.9 Å². The number of methoxy groups -OCH3 is 2. The predicted molar refractivity (Wildman–Crippen MR) is 134 cm³/mol. The molecule has 1 unspecified atom stereocenters. The molecule has 0 spiro atoms. The monoisotopic (exact) mass is 494 g/mol. The highest BCUT2D eigenvalue weighted by molar-refractivity contribution is 5.97. The van der Waals surface area contributed by atoms with Crippen molar-refractivity contribution >= 4 is 11.8 Å². The molecule has 9 nitrogen and oxygen atoms in total. The van der Waals surface area contributed by atoms with Crippen molar-refractivity contribution in [2.75, 3.05) is 20.8 Å². The Bertz CT molecular complexity index is 1130. The standard InChI is InChI=1S/C27H30N2O7/c1-5-34-21-11-13-22(14-12-21)36-18(2)26(30)28-29-27(31)20-15-23(32-3)25(24(16-20)33-4)35-17-19-9-7-6-8-10-19/h6-16,18H,5,17H2,1-4H3,(H,28,30)(H,29,31). The molecule has 2 N–H and O–H groups in total. The zero-order valence-corrected chi connectivity index (χ0v) is 20.7. The van der Waals surface area contributed by atoms with Crippen LogP contribution in [0.25, 0.3) is 0 Å². The number of carbonyl (C=O) groups excluding carboxylic acids is 2. The number of nitrogens with one attached hydrogen (secondary N) is 2. The van der Waals surface area contributed by atoms with Gasteiger partial charge in [0.1, 0.15) is 18.1 Å². The normalized spacial score (nSPS) is 11.1. The molecule has 9 heteroatoms. The van der Waals surface area contributed by atoms with Crippen molar-refractivity contribution in [2.45, 2.75) is 26.6 Å². The zero-order chi connectivity index (χ0) is 25.9. The lowest BCUT2D eigenvalue weighted by atomic mass is 10.1. The van der Waals surface area contributed by atoms with Gasteiger partial charge in [0.25, 0.3) is 11.8 Å². The SMILES string of the molecule is CCOc1ccc(OC(C)C(=O)NNC(=O)c2cc(OC)c(OCc3ccccc3)c(OC)c2)cc1. The van der Waals surface area contributed by atoms with Gasteiger partial charge >= 0.3 is 0 Å². The van der Waals surface area contributed by atoms with Crippen LogP contribution >= 0.6 is 0 Å². The van der Waals surface area contributed by atoms with Crippen LogP contribution in [-0.4, -0.2) is 38.7 Å². The molecule has 190 valence electrons. The summed E-state index contributed by atoms with van der Waals surface area (Å²) in [5.41, 5.74) is 5.92. The molecule has 0 aliphatic carbocycles. The molecule has 0 radical (unpaired) electrons. The fourth-order valence-electron chi connectivity index (χ4n) is 3.21. The van der Waals surface area contributed by atoms with E-state index < -0.39 is 17.9 Å². The minimum absolute atomic E-state index is 0.205. The van der Waals surface area contributed by atoms with Crippen LogP contribution in [0.15, 0.2) is 66.7 Å². The summed E-state index contributed by atoms with van der Waals surface area (Å²) in [6.45, 7) is 4.32. The second-order valence-electron chi connectivity index (χ2n) is 7.59. The average Bonchev–Trinajstić information content (AvgIpc) is 2.91. The van der Waals surface area contributed by atoms with Gasteiger partial charge in [0.05, 0.1) is 20.8 Å². The van der Waals surface area contributed by atoms with Crippen molar-refractivity contribution in [1.29, 1.82) is 0 Å². The molecule has 0 aromatic heterocycles. The van der Waals surface area contributed by atoms with Gasteiger partial charge in [0, 0.05) is 5.56 Å². The molecule has 0 aliphatic heterocycles. The van der Waals surface area contributed by atoms with Crippen molar-refractivity contribution in [3.63, 3.8) is 0 Å². The maximum absolute atomic E-state index is 12.7. The fourth-order valence-corrected chi connectivity index (χ4v) is 3.21. The Hall–Kier alpha value is -4.40. The lowest BCUT2D eigenvalue weighted by molar-refractivity contribution is -0.128. The first kappa shape index (κ1) is 26.2. The maximum Gasteiger partial charge on any atom is 0.279 e. The van der Waals surface area contributed by atoms with Crippen LogP contribution in [0.2, 0.25) is 0 Å². The minimum atomic E-state index is -0.860. The van der Waals surface area contributed by atoms with Gasteiger partial charge in [-0.25, -0.2) is 0 Å². The highest BCUT2D eigenvalue weighted by Gasteiger charge is 2.20. The third-order valence-corrected chi connectivity index (χ3v) is 5.06. The smallest absolute Gasteiger partial charge is 0.279 e. The Morgan fingerprint density at radius 3 is 2.03 bits per heavy atom. The number of benzene rings is 3. The van der Waals surface area contributed by atoms with Gasteiger partial charge in [-0.15, -0.1) is 0 Å². The summed E-state index contributed by atoms with van der Waals surface area (Å²) in [7, 11) is 2.93. The van der Waals surface area contributed by atoms with Crippen LogP contribution in [-0.2, 0) is 11.4 Å². The van der Waals surface area contributed by atoms with Gasteiger partial charge in [-0.05, 0) is 55.8 Å². The Morgan fingerprint density at radius 1 is 0.833 bits per heavy atom. The summed E-state index contributed by atoms with van der Waals surface area (Å²) in [5.74, 6) is 1.09. The number of amides is 2. The first-order valence-corrected chi connectivity index (χ1v) is 11.4. The van der Waals surface area contributed by atoms with E-state index in [4.69, 9.17) is 23.7 Å². The molecular formula is C27H30N2O7. The summed E-state index contributed by atoms with van der Waals surface area (Å²) < 4.78 is 27.8. The molecule has 3 rings (SSSR count). The average molecular weight is 495 g/mol. The molecule has 1 atom stereocenters. The number of hydrogen-bond donors (Lipinski definition) is 2. The quantitative estimate of drug-likeness (QED) is 0.390. The van der Waals surface area contributed by atoms with Crippen molar-refractivity contribution in [3.05, 3.63) is 77.9 Å². The van der Waals surface area contributed by atoms with Crippen LogP contribution in [0.1, 0.15) is 29.8 Å². The van der Waals surface area contributed by atoms with Gasteiger partial charge < -0.3 is 23.7 Å². The lowest BCUT2D eigenvalue weighted by Gasteiger charge is -2.17. The van der Waals surface area contributed by atoms with E-state index in [1.54, 1.807) is 31.2 Å². The number of hydrogen-bond acceptors (Lipinski definition) is 7. The number of ether oxygens (including phenoxy) is 5. The van der Waals surface area contributed by atoms with Crippen LogP contribution in [0, 0.1) is 0 Å². The highest BCUT2D eigenvalue weighted by atomic mass is 16.5. The number of hydrazine groups is 1. The molecule has 3 aromatic carbocycles. The molecule has 0 bridgehead atoms. The van der Waals surface area contributed by atoms with E-state index >= 15 is 0 Å². The van der Waals surface area contributed by atoms with Crippen LogP contribution in [0.5, 0.6) is 28.7 Å². The largest absolute Gasteiger partial charge is 0.494 e. The summed E-state index contributed by atoms with van der Waals surface area (Å²) in [4.78, 5) is 25.2. The van der Waals surface area contributed by atoms with Crippen molar-refractivity contribution in [2.24, 2.45) is 0 Å². The van der Waals surface area contributed by atoms with Gasteiger partial charge in [-0.1, -0.05) is 30.3 Å². The van der Waals surface area contributed by atoms with E-state index in [2.05, 4.69) is 10.9 Å². The van der Waals surface area contributed by atoms with Crippen LogP contribution < -0.4 is 34.5 Å². The van der Waals surface area contributed by atoms with Crippen molar-refractivity contribution < 1.29 is 33.3 Å². The summed E-state index contributed by atoms with van der Waals surface area (Å²) in [5, 5.41) is 0. The van der Waals surface area contributed by atoms with Gasteiger partial charge in [0.15, 0.2) is 17.6 Å². The van der Waals surface area contributed by atoms with E-state index in [1.807, 2.05) is 37.3 Å². The third kappa shape index (κ3) is 7.05. The first-order chi connectivity index (χ1) is 17.4. The van der Waals surface area contributed by atoms with E-state index in [9.17, 15) is 9.59 Å². The van der Waals surface area contributed by atoms with Crippen LogP contribution in [0.3, 0.4) is 0 Å². The summed E-state index contributed by atoms with van der Waals surface area (Å²) in [6.07, 6.45) is -0.860. The van der Waals surface area contributed by atoms with E-state index in [0.29, 0.717) is 42.0 Å². The second kappa shape index (κ2) is 12.9. The lowest BCUT2D eigenvalue weighted by Crippen LogP contribution is -2.47. The first-order valence-electron chi connectivity index (χ1n) is 11.4. The predicted octanol–water partition coefficient (Wildman–Crippen LogP) is 3.91. The molecule has 2 amide bonds. The Balaban J connectivity index is 1.61. The molecule has 0 saturated heterocycles. The van der Waals surface area contributed by atoms with E-state index in [1.165, 1.54) is 26.4 Å². The minimum Gasteiger partial charge on any atom is -0.494 e. The molecule has 3 aromatic rings. The highest BCUT2D eigenvalue weighted by Crippen LogP contribution is 2.39. The Kier molecular flexibility index (Phi) is 9.39. The molecule has 0 aliphatic rings. The number of rotatable bonds is 11. The molecule has 0 saturated carbocycles. The summed E-state index contributed by atoms with van der Waals surface area (Å²) >= 11 is 0. The molecule has 36 heavy (non-hydrogen) atoms. The molecule has 0 fully saturated rings. The van der Waals surface area contributed by atoms with Crippen LogP contribution in [0.4, 0.5) is 0 Å². The van der Waals surface area contributed by atoms with Crippen molar-refractivity contribution in [3.8, 4) is 28.7 Å². The van der Waals surface area contributed by atoms with Gasteiger partial charge in [0.2, 0.25) is 5.75 Å². The maximum atomic E-state index is 12.7. The summed E-state index contributed by atoms with van der Waals surface area (Å²) in [6, 6.07) is 19.5. The zero-order valence-electron chi connectivity index (χ0n) is 20.7. The Morgan fingerprint density at radius 2 is 1.44 bits per heavy atom. The fraction of sp³-hybridized carbons (Fsp3) is 0.259. The molecule has 0 heterocycles. The topological polar surface area (TPSA) is 104 Å². The van der Waals surface area contributed by atoms with E-state index in [0.717, 1.165) is 5.56 Å². The second-order valence-corrected chi connectivity index (χ2v) is 7.59. The van der Waals surface area contributed by atoms with Gasteiger partial charge in [-0.2, -0.15) is 0 Å². The van der Waals surface area contributed by atoms with E-state index in [-0.39, 0.29) is 5.56 Å². The Labute approximate surface area is 210 Å². The molecular weight excluding hydrogens is 464 g/mol. The number of carbonyl (C=O) groups is 2. The van der Waals surface area contributed by atoms with Gasteiger partial charge in [-0.3, -0.25) is 20.4 Å².